The van der Waals surface area contributed by atoms with Crippen LogP contribution >= 0.6 is 0 Å². The molecule has 0 amide bonds. The first-order valence-electron chi connectivity index (χ1n) is 5.97. The second-order valence-corrected chi connectivity index (χ2v) is 4.09. The maximum absolute atomic E-state index is 11.0. The van der Waals surface area contributed by atoms with Crippen LogP contribution in [-0.4, -0.2) is 26.9 Å². The zero-order valence-electron chi connectivity index (χ0n) is 11.1. The molecule has 1 unspecified atom stereocenters. The summed E-state index contributed by atoms with van der Waals surface area (Å²) >= 11 is 0. The van der Waals surface area contributed by atoms with E-state index in [4.69, 9.17) is 0 Å². The molecule has 0 saturated carbocycles. The van der Waals surface area contributed by atoms with Crippen LogP contribution in [0.4, 0.5) is 17.5 Å². The highest BCUT2D eigenvalue weighted by Gasteiger charge is 2.19. The maximum atomic E-state index is 11.0. The van der Waals surface area contributed by atoms with Crippen LogP contribution in [-0.2, 0) is 0 Å². The van der Waals surface area contributed by atoms with Crippen molar-refractivity contribution in [1.82, 2.24) is 15.0 Å². The minimum atomic E-state index is -0.516. The van der Waals surface area contributed by atoms with E-state index >= 15 is 0 Å². The van der Waals surface area contributed by atoms with Crippen LogP contribution in [0.3, 0.4) is 0 Å². The van der Waals surface area contributed by atoms with Gasteiger partial charge in [0.1, 0.15) is 6.20 Å². The molecule has 0 spiro atoms. The lowest BCUT2D eigenvalue weighted by Gasteiger charge is -2.14. The largest absolute Gasteiger partial charge is 0.358 e. The molecule has 0 fully saturated rings. The molecule has 0 radical (unpaired) electrons. The van der Waals surface area contributed by atoms with Gasteiger partial charge in [-0.05, 0) is 18.6 Å². The van der Waals surface area contributed by atoms with Gasteiger partial charge in [-0.1, -0.05) is 6.07 Å². The minimum absolute atomic E-state index is 0.165. The van der Waals surface area contributed by atoms with Gasteiger partial charge in [0.25, 0.3) is 0 Å². The van der Waals surface area contributed by atoms with Gasteiger partial charge in [-0.25, -0.2) is 4.98 Å². The first-order valence-corrected chi connectivity index (χ1v) is 5.97. The molecule has 0 bridgehead atoms. The Bertz CT molecular complexity index is 604. The molecular formula is C12H14N6O2. The Balaban J connectivity index is 2.29. The summed E-state index contributed by atoms with van der Waals surface area (Å²) in [4.78, 5) is 22.4. The first-order chi connectivity index (χ1) is 9.61. The molecule has 1 atom stereocenters. The van der Waals surface area contributed by atoms with E-state index in [1.165, 1.54) is 6.20 Å². The fourth-order valence-electron chi connectivity index (χ4n) is 1.66. The Morgan fingerprint density at radius 3 is 2.80 bits per heavy atom. The molecule has 2 rings (SSSR count). The van der Waals surface area contributed by atoms with E-state index in [9.17, 15) is 10.1 Å². The highest BCUT2D eigenvalue weighted by molar-refractivity contribution is 5.57. The smallest absolute Gasteiger partial charge is 0.329 e. The van der Waals surface area contributed by atoms with Crippen LogP contribution in [0.5, 0.6) is 0 Å². The van der Waals surface area contributed by atoms with Crippen molar-refractivity contribution in [3.05, 3.63) is 46.4 Å². The van der Waals surface area contributed by atoms with Crippen molar-refractivity contribution in [3.63, 3.8) is 0 Å². The lowest BCUT2D eigenvalue weighted by molar-refractivity contribution is -0.384. The number of anilines is 2. The third-order valence-electron chi connectivity index (χ3n) is 2.73. The Hall–Kier alpha value is -2.77. The van der Waals surface area contributed by atoms with E-state index in [1.54, 1.807) is 25.5 Å². The Morgan fingerprint density at radius 1 is 1.40 bits per heavy atom. The van der Waals surface area contributed by atoms with Crippen LogP contribution in [0, 0.1) is 10.1 Å². The lowest BCUT2D eigenvalue weighted by atomic mass is 10.1. The highest BCUT2D eigenvalue weighted by atomic mass is 16.6. The summed E-state index contributed by atoms with van der Waals surface area (Å²) in [5.74, 6) is 0.488. The van der Waals surface area contributed by atoms with E-state index in [0.29, 0.717) is 5.95 Å². The second-order valence-electron chi connectivity index (χ2n) is 4.09. The monoisotopic (exact) mass is 274 g/mol. The quantitative estimate of drug-likeness (QED) is 0.634. The van der Waals surface area contributed by atoms with E-state index in [-0.39, 0.29) is 17.5 Å². The van der Waals surface area contributed by atoms with Crippen molar-refractivity contribution in [2.24, 2.45) is 0 Å². The Morgan fingerprint density at radius 2 is 2.20 bits per heavy atom. The minimum Gasteiger partial charge on any atom is -0.358 e. The highest BCUT2D eigenvalue weighted by Crippen LogP contribution is 2.26. The maximum Gasteiger partial charge on any atom is 0.329 e. The number of hydrogen-bond donors (Lipinski definition) is 2. The molecule has 2 aromatic rings. The predicted molar refractivity (Wildman–Crippen MR) is 74.5 cm³/mol. The number of nitrogens with one attached hydrogen (secondary N) is 2. The first kappa shape index (κ1) is 13.7. The molecule has 0 aliphatic heterocycles. The molecule has 8 nitrogen and oxygen atoms in total. The molecule has 0 aliphatic rings. The number of pyridine rings is 1. The fraction of sp³-hybridized carbons (Fsp3) is 0.250. The molecule has 8 heteroatoms. The van der Waals surface area contributed by atoms with E-state index in [1.807, 2.05) is 13.0 Å². The topological polar surface area (TPSA) is 106 Å². The molecular weight excluding hydrogens is 260 g/mol. The second kappa shape index (κ2) is 5.91. The van der Waals surface area contributed by atoms with Crippen LogP contribution in [0.2, 0.25) is 0 Å². The standard InChI is InChI=1S/C12H14N6O2/c1-8(9-4-3-5-14-6-9)16-11-10(18(19)20)7-15-12(13-2)17-11/h3-8H,1-2H3,(H2,13,15,16,17). The van der Waals surface area contributed by atoms with E-state index in [0.717, 1.165) is 5.56 Å². The summed E-state index contributed by atoms with van der Waals surface area (Å²) in [7, 11) is 1.65. The van der Waals surface area contributed by atoms with Crippen molar-refractivity contribution in [2.75, 3.05) is 17.7 Å². The summed E-state index contributed by atoms with van der Waals surface area (Å²) < 4.78 is 0. The fourth-order valence-corrected chi connectivity index (χ4v) is 1.66. The summed E-state index contributed by atoms with van der Waals surface area (Å²) in [5.41, 5.74) is 0.742. The van der Waals surface area contributed by atoms with Gasteiger partial charge in [0.15, 0.2) is 0 Å². The lowest BCUT2D eigenvalue weighted by Crippen LogP contribution is -2.11. The van der Waals surface area contributed by atoms with Crippen molar-refractivity contribution in [1.29, 1.82) is 0 Å². The third kappa shape index (κ3) is 2.97. The van der Waals surface area contributed by atoms with Gasteiger partial charge in [0.05, 0.1) is 11.0 Å². The molecule has 104 valence electrons. The van der Waals surface area contributed by atoms with E-state index in [2.05, 4.69) is 25.6 Å². The zero-order valence-corrected chi connectivity index (χ0v) is 11.1. The van der Waals surface area contributed by atoms with Crippen molar-refractivity contribution in [2.45, 2.75) is 13.0 Å². The average Bonchev–Trinajstić information content (AvgIpc) is 2.47. The summed E-state index contributed by atoms with van der Waals surface area (Å²) in [6.07, 6.45) is 4.54. The third-order valence-corrected chi connectivity index (χ3v) is 2.73. The number of nitro groups is 1. The molecule has 0 aromatic carbocycles. The normalized spacial score (nSPS) is 11.7. The van der Waals surface area contributed by atoms with Gasteiger partial charge in [-0.2, -0.15) is 4.98 Å². The number of hydrogen-bond acceptors (Lipinski definition) is 7. The molecule has 0 saturated heterocycles. The van der Waals surface area contributed by atoms with Gasteiger partial charge in [0, 0.05) is 19.4 Å². The number of rotatable bonds is 5. The van der Waals surface area contributed by atoms with E-state index < -0.39 is 4.92 Å². The van der Waals surface area contributed by atoms with Gasteiger partial charge < -0.3 is 10.6 Å². The van der Waals surface area contributed by atoms with Gasteiger partial charge in [0.2, 0.25) is 11.8 Å². The Labute approximate surface area is 115 Å². The predicted octanol–water partition coefficient (Wildman–Crippen LogP) is 1.99. The van der Waals surface area contributed by atoms with Crippen molar-refractivity contribution >= 4 is 17.5 Å². The summed E-state index contributed by atoms with van der Waals surface area (Å²) in [6, 6.07) is 3.53. The van der Waals surface area contributed by atoms with Gasteiger partial charge >= 0.3 is 5.69 Å². The summed E-state index contributed by atoms with van der Waals surface area (Å²) in [6.45, 7) is 1.88. The van der Waals surface area contributed by atoms with Crippen LogP contribution in [0.1, 0.15) is 18.5 Å². The summed E-state index contributed by atoms with van der Waals surface area (Å²) in [5, 5.41) is 16.8. The van der Waals surface area contributed by atoms with Gasteiger partial charge in [-0.15, -0.1) is 0 Å². The molecule has 2 heterocycles. The van der Waals surface area contributed by atoms with Crippen LogP contribution < -0.4 is 10.6 Å². The molecule has 20 heavy (non-hydrogen) atoms. The molecule has 2 N–H and O–H groups in total. The SMILES string of the molecule is CNc1ncc([N+](=O)[O-])c(NC(C)c2cccnc2)n1. The zero-order chi connectivity index (χ0) is 14.5. The van der Waals surface area contributed by atoms with Gasteiger partial charge in [-0.3, -0.25) is 15.1 Å². The average molecular weight is 274 g/mol. The van der Waals surface area contributed by atoms with Crippen LogP contribution in [0.15, 0.2) is 30.7 Å². The number of nitrogens with zero attached hydrogens (tertiary/aromatic N) is 4. The number of aromatic nitrogens is 3. The van der Waals surface area contributed by atoms with Crippen molar-refractivity contribution in [3.8, 4) is 0 Å². The van der Waals surface area contributed by atoms with Crippen molar-refractivity contribution < 1.29 is 4.92 Å². The Kier molecular flexibility index (Phi) is 4.04. The molecule has 0 aliphatic carbocycles. The van der Waals surface area contributed by atoms with Crippen LogP contribution in [0.25, 0.3) is 0 Å². The molecule has 2 aromatic heterocycles.